The molecule has 0 fully saturated rings. The Morgan fingerprint density at radius 1 is 0.700 bits per heavy atom. The normalized spacial score (nSPS) is 10.8. The summed E-state index contributed by atoms with van der Waals surface area (Å²) in [7, 11) is 0. The van der Waals surface area contributed by atoms with Gasteiger partial charge in [0.15, 0.2) is 0 Å². The minimum Gasteiger partial charge on any atom is -0.494 e. The number of rotatable bonds is 16. The van der Waals surface area contributed by atoms with E-state index < -0.39 is 11.9 Å². The zero-order valence-electron chi connectivity index (χ0n) is 23.0. The first kappa shape index (κ1) is 30.1. The summed E-state index contributed by atoms with van der Waals surface area (Å²) < 4.78 is 22.1. The molecule has 3 aromatic carbocycles. The molecule has 0 heterocycles. The second kappa shape index (κ2) is 16.5. The van der Waals surface area contributed by atoms with Gasteiger partial charge in [-0.3, -0.25) is 0 Å². The Hall–Kier alpha value is -4.46. The van der Waals surface area contributed by atoms with E-state index in [1.807, 2.05) is 24.3 Å². The average molecular weight is 547 g/mol. The summed E-state index contributed by atoms with van der Waals surface area (Å²) in [5, 5.41) is 0. The Bertz CT molecular complexity index is 1220. The van der Waals surface area contributed by atoms with Gasteiger partial charge >= 0.3 is 11.9 Å². The van der Waals surface area contributed by atoms with Crippen LogP contribution in [-0.4, -0.2) is 31.8 Å². The molecule has 0 spiro atoms. The maximum absolute atomic E-state index is 12.2. The van der Waals surface area contributed by atoms with Gasteiger partial charge in [-0.2, -0.15) is 0 Å². The summed E-state index contributed by atoms with van der Waals surface area (Å²) in [5.41, 5.74) is 13.5. The lowest BCUT2D eigenvalue weighted by atomic mass is 10.2. The number of nitrogens with two attached hydrogens (primary N) is 2. The molecule has 0 aliphatic heterocycles. The van der Waals surface area contributed by atoms with Crippen LogP contribution in [0.15, 0.2) is 72.8 Å². The van der Waals surface area contributed by atoms with Crippen LogP contribution in [0.1, 0.15) is 61.4 Å². The number of hydrogen-bond donors (Lipinski definition) is 2. The van der Waals surface area contributed by atoms with E-state index in [1.54, 1.807) is 48.5 Å². The maximum atomic E-state index is 12.2. The first-order valence-corrected chi connectivity index (χ1v) is 13.6. The lowest BCUT2D eigenvalue weighted by Gasteiger charge is -2.08. The van der Waals surface area contributed by atoms with Crippen molar-refractivity contribution in [3.8, 4) is 17.2 Å². The van der Waals surface area contributed by atoms with Crippen molar-refractivity contribution in [1.82, 2.24) is 0 Å². The van der Waals surface area contributed by atoms with Crippen molar-refractivity contribution in [1.29, 1.82) is 0 Å². The molecule has 0 amide bonds. The minimum absolute atomic E-state index is 0.315. The van der Waals surface area contributed by atoms with Gasteiger partial charge in [-0.15, -0.1) is 0 Å². The molecular weight excluding hydrogens is 508 g/mol. The Kier molecular flexibility index (Phi) is 12.4. The molecule has 3 rings (SSSR count). The number of benzene rings is 3. The highest BCUT2D eigenvalue weighted by Crippen LogP contribution is 2.19. The van der Waals surface area contributed by atoms with Crippen LogP contribution in [0, 0.1) is 0 Å². The van der Waals surface area contributed by atoms with Crippen molar-refractivity contribution < 1.29 is 28.5 Å². The van der Waals surface area contributed by atoms with Gasteiger partial charge in [0.05, 0.1) is 25.4 Å². The van der Waals surface area contributed by atoms with Gasteiger partial charge in [0, 0.05) is 17.5 Å². The van der Waals surface area contributed by atoms with Crippen LogP contribution in [-0.2, 0) is 9.53 Å². The number of carbonyl (C=O) groups excluding carboxylic acids is 2. The molecular formula is C32H38N2O6. The second-order valence-corrected chi connectivity index (χ2v) is 9.28. The quantitative estimate of drug-likeness (QED) is 0.0691. The van der Waals surface area contributed by atoms with Crippen molar-refractivity contribution in [3.63, 3.8) is 0 Å². The molecule has 0 saturated carbocycles. The monoisotopic (exact) mass is 546 g/mol. The number of anilines is 2. The highest BCUT2D eigenvalue weighted by atomic mass is 16.5. The lowest BCUT2D eigenvalue weighted by molar-refractivity contribution is -0.128. The Balaban J connectivity index is 1.29. The topological polar surface area (TPSA) is 123 Å². The van der Waals surface area contributed by atoms with E-state index in [0.29, 0.717) is 42.5 Å². The summed E-state index contributed by atoms with van der Waals surface area (Å²) in [6.45, 7) is 3.69. The van der Waals surface area contributed by atoms with Crippen molar-refractivity contribution in [3.05, 3.63) is 83.9 Å². The molecule has 0 aliphatic carbocycles. The van der Waals surface area contributed by atoms with Gasteiger partial charge in [0.2, 0.25) is 0 Å². The van der Waals surface area contributed by atoms with E-state index in [2.05, 4.69) is 6.92 Å². The lowest BCUT2D eigenvalue weighted by Crippen LogP contribution is -2.08. The molecule has 0 radical (unpaired) electrons. The van der Waals surface area contributed by atoms with Crippen molar-refractivity contribution >= 4 is 29.4 Å². The fraction of sp³-hybridized carbons (Fsp3) is 0.312. The molecule has 0 bridgehead atoms. The number of hydrogen-bond acceptors (Lipinski definition) is 8. The third kappa shape index (κ3) is 11.1. The molecule has 3 aromatic rings. The van der Waals surface area contributed by atoms with Crippen LogP contribution in [0.4, 0.5) is 11.4 Å². The van der Waals surface area contributed by atoms with E-state index in [9.17, 15) is 9.59 Å². The first-order valence-electron chi connectivity index (χ1n) is 13.6. The van der Waals surface area contributed by atoms with Crippen molar-refractivity contribution in [2.75, 3.05) is 31.3 Å². The van der Waals surface area contributed by atoms with Gasteiger partial charge in [0.1, 0.15) is 17.2 Å². The molecule has 8 nitrogen and oxygen atoms in total. The average Bonchev–Trinajstić information content (AvgIpc) is 2.94. The molecule has 0 atom stereocenters. The van der Waals surface area contributed by atoms with E-state index in [-0.39, 0.29) is 0 Å². The molecule has 212 valence electrons. The largest absolute Gasteiger partial charge is 0.494 e. The zero-order valence-corrected chi connectivity index (χ0v) is 23.0. The molecule has 4 N–H and O–H groups in total. The summed E-state index contributed by atoms with van der Waals surface area (Å²) in [6.07, 6.45) is 8.79. The van der Waals surface area contributed by atoms with E-state index in [4.69, 9.17) is 30.4 Å². The van der Waals surface area contributed by atoms with Gasteiger partial charge < -0.3 is 30.4 Å². The highest BCUT2D eigenvalue weighted by Gasteiger charge is 2.08. The van der Waals surface area contributed by atoms with Crippen LogP contribution in [0.3, 0.4) is 0 Å². The zero-order chi connectivity index (χ0) is 28.6. The Labute approximate surface area is 235 Å². The fourth-order valence-electron chi connectivity index (χ4n) is 3.75. The van der Waals surface area contributed by atoms with Gasteiger partial charge in [-0.1, -0.05) is 31.9 Å². The van der Waals surface area contributed by atoms with Crippen molar-refractivity contribution in [2.45, 2.75) is 45.4 Å². The number of ether oxygens (including phenoxy) is 4. The van der Waals surface area contributed by atoms with Crippen LogP contribution in [0.5, 0.6) is 17.2 Å². The van der Waals surface area contributed by atoms with E-state index >= 15 is 0 Å². The van der Waals surface area contributed by atoms with E-state index in [0.717, 1.165) is 55.6 Å². The fourth-order valence-corrected chi connectivity index (χ4v) is 3.75. The molecule has 40 heavy (non-hydrogen) atoms. The number of unbranched alkanes of at least 4 members (excludes halogenated alkanes) is 4. The molecule has 0 saturated heterocycles. The van der Waals surface area contributed by atoms with Crippen molar-refractivity contribution in [2.24, 2.45) is 0 Å². The third-order valence-electron chi connectivity index (χ3n) is 5.85. The Morgan fingerprint density at radius 2 is 1.25 bits per heavy atom. The molecule has 0 aliphatic rings. The summed E-state index contributed by atoms with van der Waals surface area (Å²) in [4.78, 5) is 24.2. The maximum Gasteiger partial charge on any atom is 0.338 e. The molecule has 8 heteroatoms. The summed E-state index contributed by atoms with van der Waals surface area (Å²) in [6, 6.07) is 19.2. The standard InChI is InChI=1S/C32H38N2O6/c1-2-3-5-18-37-29-13-15-30(16-14-29)40-31(35)17-10-24-8-11-28(12-9-24)38-19-6-4-7-20-39-32(36)25-21-26(33)23-27(34)22-25/h8-17,21-23H,2-7,18-20,33-34H2,1H3/b17-10+. The van der Waals surface area contributed by atoms with Crippen LogP contribution < -0.4 is 25.7 Å². The smallest absolute Gasteiger partial charge is 0.338 e. The van der Waals surface area contributed by atoms with Gasteiger partial charge in [0.25, 0.3) is 0 Å². The number of nitrogen functional groups attached to an aromatic ring is 2. The van der Waals surface area contributed by atoms with E-state index in [1.165, 1.54) is 6.08 Å². The minimum atomic E-state index is -0.459. The molecule has 0 unspecified atom stereocenters. The second-order valence-electron chi connectivity index (χ2n) is 9.28. The summed E-state index contributed by atoms with van der Waals surface area (Å²) >= 11 is 0. The van der Waals surface area contributed by atoms with Crippen LogP contribution in [0.2, 0.25) is 0 Å². The molecule has 0 aromatic heterocycles. The number of esters is 2. The van der Waals surface area contributed by atoms with Gasteiger partial charge in [-0.25, -0.2) is 9.59 Å². The predicted octanol–water partition coefficient (Wildman–Crippen LogP) is 6.44. The highest BCUT2D eigenvalue weighted by molar-refractivity contribution is 5.91. The van der Waals surface area contributed by atoms with Gasteiger partial charge in [-0.05, 0) is 91.9 Å². The predicted molar refractivity (Wildman–Crippen MR) is 157 cm³/mol. The van der Waals surface area contributed by atoms with Crippen LogP contribution in [0.25, 0.3) is 6.08 Å². The SMILES string of the molecule is CCCCCOc1ccc(OC(=O)/C=C/c2ccc(OCCCCCOC(=O)c3cc(N)cc(N)c3)cc2)cc1. The summed E-state index contributed by atoms with van der Waals surface area (Å²) in [5.74, 6) is 1.07. The first-order chi connectivity index (χ1) is 19.4. The third-order valence-corrected chi connectivity index (χ3v) is 5.85. The number of carbonyl (C=O) groups is 2. The Morgan fingerprint density at radius 3 is 1.88 bits per heavy atom. The van der Waals surface area contributed by atoms with Crippen LogP contribution >= 0.6 is 0 Å².